The third-order valence-electron chi connectivity index (χ3n) is 4.36. The highest BCUT2D eigenvalue weighted by molar-refractivity contribution is 6.30. The summed E-state index contributed by atoms with van der Waals surface area (Å²) in [5.41, 5.74) is 2.83. The van der Waals surface area contributed by atoms with E-state index in [1.165, 1.54) is 16.3 Å². The third-order valence-corrected chi connectivity index (χ3v) is 4.61. The Morgan fingerprint density at radius 3 is 2.64 bits per heavy atom. The van der Waals surface area contributed by atoms with Gasteiger partial charge in [-0.15, -0.1) is 0 Å². The molecular weight excluding hydrogens is 338 g/mol. The molecule has 0 saturated carbocycles. The van der Waals surface area contributed by atoms with Crippen molar-refractivity contribution >= 4 is 23.1 Å². The molecule has 0 unspecified atom stereocenters. The van der Waals surface area contributed by atoms with Crippen LogP contribution in [0.25, 0.3) is 5.57 Å². The normalized spacial score (nSPS) is 14.8. The molecule has 2 aromatic rings. The van der Waals surface area contributed by atoms with Crippen LogP contribution in [0.15, 0.2) is 47.3 Å². The number of halogens is 1. The zero-order chi connectivity index (χ0) is 17.8. The predicted octanol–water partition coefficient (Wildman–Crippen LogP) is 2.68. The van der Waals surface area contributed by atoms with E-state index >= 15 is 0 Å². The highest BCUT2D eigenvalue weighted by Gasteiger charge is 2.18. The highest BCUT2D eigenvalue weighted by atomic mass is 35.5. The molecule has 0 N–H and O–H groups in total. The van der Waals surface area contributed by atoms with Gasteiger partial charge in [0.1, 0.15) is 0 Å². The van der Waals surface area contributed by atoms with E-state index in [1.54, 1.807) is 13.1 Å². The van der Waals surface area contributed by atoms with Crippen LogP contribution in [0.2, 0.25) is 5.02 Å². The van der Waals surface area contributed by atoms with Crippen LogP contribution < -0.4 is 5.56 Å². The monoisotopic (exact) mass is 357 g/mol. The van der Waals surface area contributed by atoms with E-state index in [0.717, 1.165) is 23.4 Å². The fourth-order valence-corrected chi connectivity index (χ4v) is 3.08. The molecule has 3 rings (SSSR count). The molecule has 1 amide bonds. The third kappa shape index (κ3) is 4.37. The van der Waals surface area contributed by atoms with Crippen molar-refractivity contribution in [2.75, 3.05) is 13.1 Å². The number of nitrogens with zero attached hydrogens (tertiary/aromatic N) is 3. The summed E-state index contributed by atoms with van der Waals surface area (Å²) in [7, 11) is 1.59. The van der Waals surface area contributed by atoms with Crippen LogP contribution in [0.4, 0.5) is 0 Å². The number of rotatable bonds is 3. The van der Waals surface area contributed by atoms with Crippen molar-refractivity contribution in [2.45, 2.75) is 19.3 Å². The molecule has 0 atom stereocenters. The molecule has 0 spiro atoms. The standard InChI is InChI=1S/C19H20ClN3O2/c1-22-18(24)9-8-17(21-22)13-19(25)23-11-2-3-14(10-12-23)15-4-6-16(20)7-5-15/h3-9H,2,10-13H2,1H3. The maximum atomic E-state index is 12.6. The molecule has 6 heteroatoms. The molecule has 1 aromatic heterocycles. The van der Waals surface area contributed by atoms with Gasteiger partial charge in [-0.25, -0.2) is 4.68 Å². The van der Waals surface area contributed by atoms with E-state index in [0.29, 0.717) is 18.8 Å². The molecule has 0 bridgehead atoms. The van der Waals surface area contributed by atoms with Gasteiger partial charge in [0.05, 0.1) is 12.1 Å². The summed E-state index contributed by atoms with van der Waals surface area (Å²) in [6.45, 7) is 1.38. The van der Waals surface area contributed by atoms with E-state index in [2.05, 4.69) is 11.2 Å². The molecule has 5 nitrogen and oxygen atoms in total. The van der Waals surface area contributed by atoms with Crippen LogP contribution in [-0.2, 0) is 18.3 Å². The molecule has 0 saturated heterocycles. The van der Waals surface area contributed by atoms with Gasteiger partial charge >= 0.3 is 0 Å². The van der Waals surface area contributed by atoms with Crippen molar-refractivity contribution in [3.05, 3.63) is 69.1 Å². The number of aryl methyl sites for hydroxylation is 1. The van der Waals surface area contributed by atoms with Gasteiger partial charge in [0, 0.05) is 31.2 Å². The maximum absolute atomic E-state index is 12.6. The lowest BCUT2D eigenvalue weighted by Gasteiger charge is -2.20. The Morgan fingerprint density at radius 1 is 1.16 bits per heavy atom. The lowest BCUT2D eigenvalue weighted by atomic mass is 10.0. The van der Waals surface area contributed by atoms with Crippen molar-refractivity contribution in [3.63, 3.8) is 0 Å². The number of amides is 1. The van der Waals surface area contributed by atoms with Gasteiger partial charge < -0.3 is 4.90 Å². The Morgan fingerprint density at radius 2 is 1.92 bits per heavy atom. The first-order valence-corrected chi connectivity index (χ1v) is 8.67. The Kier molecular flexibility index (Phi) is 5.34. The van der Waals surface area contributed by atoms with Gasteiger partial charge in [0.25, 0.3) is 5.56 Å². The molecule has 1 aliphatic heterocycles. The van der Waals surface area contributed by atoms with Crippen LogP contribution in [0.5, 0.6) is 0 Å². The summed E-state index contributed by atoms with van der Waals surface area (Å²) in [6, 6.07) is 10.9. The second-order valence-corrected chi connectivity index (χ2v) is 6.56. The molecule has 25 heavy (non-hydrogen) atoms. The SMILES string of the molecule is Cn1nc(CC(=O)N2CCC=C(c3ccc(Cl)cc3)CC2)ccc1=O. The first-order chi connectivity index (χ1) is 12.0. The fourth-order valence-electron chi connectivity index (χ4n) is 2.95. The molecule has 1 aliphatic rings. The van der Waals surface area contributed by atoms with E-state index in [9.17, 15) is 9.59 Å². The minimum Gasteiger partial charge on any atom is -0.342 e. The van der Waals surface area contributed by atoms with Gasteiger partial charge in [-0.05, 0) is 42.2 Å². The molecule has 2 heterocycles. The maximum Gasteiger partial charge on any atom is 0.266 e. The Labute approximate surface area is 151 Å². The first kappa shape index (κ1) is 17.4. The van der Waals surface area contributed by atoms with Crippen LogP contribution >= 0.6 is 11.6 Å². The number of hydrogen-bond donors (Lipinski definition) is 0. The van der Waals surface area contributed by atoms with Crippen LogP contribution in [-0.4, -0.2) is 33.7 Å². The Bertz CT molecular complexity index is 856. The number of hydrogen-bond acceptors (Lipinski definition) is 3. The summed E-state index contributed by atoms with van der Waals surface area (Å²) in [6.07, 6.45) is 4.05. The lowest BCUT2D eigenvalue weighted by Crippen LogP contribution is -2.34. The first-order valence-electron chi connectivity index (χ1n) is 8.29. The zero-order valence-electron chi connectivity index (χ0n) is 14.1. The van der Waals surface area contributed by atoms with Gasteiger partial charge in [0.15, 0.2) is 0 Å². The molecular formula is C19H20ClN3O2. The largest absolute Gasteiger partial charge is 0.342 e. The van der Waals surface area contributed by atoms with E-state index < -0.39 is 0 Å². The smallest absolute Gasteiger partial charge is 0.266 e. The van der Waals surface area contributed by atoms with Crippen LogP contribution in [0, 0.1) is 0 Å². The second-order valence-electron chi connectivity index (χ2n) is 6.12. The molecule has 130 valence electrons. The number of carbonyl (C=O) groups excluding carboxylic acids is 1. The highest BCUT2D eigenvalue weighted by Crippen LogP contribution is 2.23. The minimum absolute atomic E-state index is 0.0388. The second kappa shape index (κ2) is 7.66. The summed E-state index contributed by atoms with van der Waals surface area (Å²) < 4.78 is 1.26. The van der Waals surface area contributed by atoms with Crippen molar-refractivity contribution < 1.29 is 4.79 Å². The number of benzene rings is 1. The molecule has 0 radical (unpaired) electrons. The number of carbonyl (C=O) groups is 1. The summed E-state index contributed by atoms with van der Waals surface area (Å²) in [4.78, 5) is 25.8. The molecule has 0 aliphatic carbocycles. The lowest BCUT2D eigenvalue weighted by molar-refractivity contribution is -0.130. The average molecular weight is 358 g/mol. The quantitative estimate of drug-likeness (QED) is 0.848. The van der Waals surface area contributed by atoms with E-state index in [1.807, 2.05) is 29.2 Å². The van der Waals surface area contributed by atoms with Gasteiger partial charge in [-0.3, -0.25) is 9.59 Å². The van der Waals surface area contributed by atoms with Crippen LogP contribution in [0.3, 0.4) is 0 Å². The van der Waals surface area contributed by atoms with E-state index in [4.69, 9.17) is 11.6 Å². The minimum atomic E-state index is -0.178. The van der Waals surface area contributed by atoms with Crippen molar-refractivity contribution in [1.82, 2.24) is 14.7 Å². The average Bonchev–Trinajstić information content (AvgIpc) is 2.85. The Hall–Kier alpha value is -2.40. The van der Waals surface area contributed by atoms with Gasteiger partial charge in [-0.2, -0.15) is 5.10 Å². The molecule has 1 aromatic carbocycles. The summed E-state index contributed by atoms with van der Waals surface area (Å²) >= 11 is 5.95. The molecule has 0 fully saturated rings. The zero-order valence-corrected chi connectivity index (χ0v) is 14.9. The van der Waals surface area contributed by atoms with Crippen LogP contribution in [0.1, 0.15) is 24.1 Å². The fraction of sp³-hybridized carbons (Fsp3) is 0.316. The number of aromatic nitrogens is 2. The van der Waals surface area contributed by atoms with Gasteiger partial charge in [0.2, 0.25) is 5.91 Å². The van der Waals surface area contributed by atoms with Crippen molar-refractivity contribution in [1.29, 1.82) is 0 Å². The summed E-state index contributed by atoms with van der Waals surface area (Å²) in [5, 5.41) is 4.85. The van der Waals surface area contributed by atoms with Crippen molar-refractivity contribution in [2.24, 2.45) is 7.05 Å². The van der Waals surface area contributed by atoms with Gasteiger partial charge in [-0.1, -0.05) is 29.8 Å². The Balaban J connectivity index is 1.63. The van der Waals surface area contributed by atoms with Crippen molar-refractivity contribution in [3.8, 4) is 0 Å². The predicted molar refractivity (Wildman–Crippen MR) is 98.4 cm³/mol. The topological polar surface area (TPSA) is 55.2 Å². The van der Waals surface area contributed by atoms with E-state index in [-0.39, 0.29) is 17.9 Å². The summed E-state index contributed by atoms with van der Waals surface area (Å²) in [5.74, 6) is 0.0388.